The zero-order valence-electron chi connectivity index (χ0n) is 12.7. The molecule has 106 valence electrons. The van der Waals surface area contributed by atoms with E-state index in [0.717, 1.165) is 19.0 Å². The number of nitrogens with zero attached hydrogens (tertiary/aromatic N) is 1. The molecule has 0 heterocycles. The molecule has 0 aromatic heterocycles. The van der Waals surface area contributed by atoms with E-state index in [1.807, 2.05) is 0 Å². The smallest absolute Gasteiger partial charge is 0.0426 e. The molecule has 2 N–H and O–H groups in total. The van der Waals surface area contributed by atoms with Crippen LogP contribution in [0.15, 0.2) is 18.2 Å². The van der Waals surface area contributed by atoms with Gasteiger partial charge in [-0.15, -0.1) is 0 Å². The lowest BCUT2D eigenvalue weighted by molar-refractivity contribution is 0.176. The van der Waals surface area contributed by atoms with Gasteiger partial charge < -0.3 is 10.6 Å². The molecule has 0 spiro atoms. The number of aryl methyl sites for hydroxylation is 2. The molecule has 2 nitrogen and oxygen atoms in total. The Morgan fingerprint density at radius 1 is 1.32 bits per heavy atom. The van der Waals surface area contributed by atoms with E-state index < -0.39 is 0 Å². The summed E-state index contributed by atoms with van der Waals surface area (Å²) in [5.41, 5.74) is 10.4. The maximum Gasteiger partial charge on any atom is 0.0426 e. The highest BCUT2D eigenvalue weighted by Crippen LogP contribution is 2.27. The first-order valence-corrected chi connectivity index (χ1v) is 7.65. The second-order valence-corrected chi connectivity index (χ2v) is 6.12. The van der Waals surface area contributed by atoms with Crippen LogP contribution in [0.2, 0.25) is 0 Å². The highest BCUT2D eigenvalue weighted by Gasteiger charge is 2.21. The zero-order valence-corrected chi connectivity index (χ0v) is 12.7. The predicted molar refractivity (Wildman–Crippen MR) is 82.3 cm³/mol. The molecule has 1 unspecified atom stereocenters. The van der Waals surface area contributed by atoms with Gasteiger partial charge in [0.15, 0.2) is 0 Å². The molecule has 0 aliphatic heterocycles. The van der Waals surface area contributed by atoms with Gasteiger partial charge in [-0.2, -0.15) is 0 Å². The standard InChI is InChI=1S/C17H28N2/c1-4-19(11-15-6-5-7-15)12-17(18)16-9-8-13(2)10-14(16)3/h8-10,15,17H,4-7,11-12,18H2,1-3H3. The Morgan fingerprint density at radius 3 is 2.58 bits per heavy atom. The lowest BCUT2D eigenvalue weighted by Gasteiger charge is -2.33. The lowest BCUT2D eigenvalue weighted by Crippen LogP contribution is -2.37. The van der Waals surface area contributed by atoms with Gasteiger partial charge in [-0.1, -0.05) is 37.1 Å². The first kappa shape index (κ1) is 14.5. The topological polar surface area (TPSA) is 29.3 Å². The monoisotopic (exact) mass is 260 g/mol. The molecule has 0 amide bonds. The Balaban J connectivity index is 1.95. The van der Waals surface area contributed by atoms with Crippen LogP contribution in [0.5, 0.6) is 0 Å². The fourth-order valence-corrected chi connectivity index (χ4v) is 2.99. The molecule has 0 bridgehead atoms. The van der Waals surface area contributed by atoms with E-state index in [0.29, 0.717) is 0 Å². The molecule has 1 atom stereocenters. The Hall–Kier alpha value is -0.860. The van der Waals surface area contributed by atoms with Crippen molar-refractivity contribution in [3.05, 3.63) is 34.9 Å². The number of benzene rings is 1. The van der Waals surface area contributed by atoms with E-state index in [4.69, 9.17) is 5.73 Å². The van der Waals surface area contributed by atoms with Crippen LogP contribution in [-0.4, -0.2) is 24.5 Å². The summed E-state index contributed by atoms with van der Waals surface area (Å²) >= 11 is 0. The van der Waals surface area contributed by atoms with Crippen LogP contribution < -0.4 is 5.73 Å². The summed E-state index contributed by atoms with van der Waals surface area (Å²) < 4.78 is 0. The third-order valence-electron chi connectivity index (χ3n) is 4.47. The van der Waals surface area contributed by atoms with Crippen LogP contribution in [0.3, 0.4) is 0 Å². The molecule has 0 saturated heterocycles. The zero-order chi connectivity index (χ0) is 13.8. The van der Waals surface area contributed by atoms with Crippen LogP contribution >= 0.6 is 0 Å². The highest BCUT2D eigenvalue weighted by molar-refractivity contribution is 5.32. The Kier molecular flexibility index (Phi) is 5.00. The van der Waals surface area contributed by atoms with Crippen molar-refractivity contribution < 1.29 is 0 Å². The molecule has 2 heteroatoms. The van der Waals surface area contributed by atoms with Crippen LogP contribution in [0.4, 0.5) is 0 Å². The van der Waals surface area contributed by atoms with Gasteiger partial charge in [-0.25, -0.2) is 0 Å². The Bertz CT molecular complexity index is 410. The SMILES string of the molecule is CCN(CC1CCC1)CC(N)c1ccc(C)cc1C. The van der Waals surface area contributed by atoms with Crippen LogP contribution in [0.1, 0.15) is 48.9 Å². The minimum absolute atomic E-state index is 0.139. The Labute approximate surface area is 118 Å². The molecule has 1 aliphatic rings. The average Bonchev–Trinajstić information content (AvgIpc) is 2.31. The molecule has 1 aliphatic carbocycles. The molecule has 1 saturated carbocycles. The molecular formula is C17H28N2. The summed E-state index contributed by atoms with van der Waals surface area (Å²) in [6.45, 7) is 9.87. The van der Waals surface area contributed by atoms with Gasteiger partial charge in [-0.05, 0) is 50.3 Å². The summed E-state index contributed by atoms with van der Waals surface area (Å²) in [5.74, 6) is 0.922. The predicted octanol–water partition coefficient (Wildman–Crippen LogP) is 3.43. The van der Waals surface area contributed by atoms with E-state index >= 15 is 0 Å². The third-order valence-corrected chi connectivity index (χ3v) is 4.47. The maximum absolute atomic E-state index is 6.42. The van der Waals surface area contributed by atoms with Crippen molar-refractivity contribution in [1.82, 2.24) is 4.90 Å². The second kappa shape index (κ2) is 6.53. The van der Waals surface area contributed by atoms with Gasteiger partial charge in [0.25, 0.3) is 0 Å². The molecule has 1 aromatic rings. The van der Waals surface area contributed by atoms with Crippen molar-refractivity contribution in [2.24, 2.45) is 11.7 Å². The normalized spacial score (nSPS) is 17.5. The van der Waals surface area contributed by atoms with Crippen molar-refractivity contribution in [3.63, 3.8) is 0 Å². The molecule has 1 fully saturated rings. The van der Waals surface area contributed by atoms with Crippen molar-refractivity contribution in [1.29, 1.82) is 0 Å². The van der Waals surface area contributed by atoms with Gasteiger partial charge in [0.1, 0.15) is 0 Å². The van der Waals surface area contributed by atoms with Crippen molar-refractivity contribution in [3.8, 4) is 0 Å². The highest BCUT2D eigenvalue weighted by atomic mass is 15.1. The first-order chi connectivity index (χ1) is 9.10. The van der Waals surface area contributed by atoms with Crippen molar-refractivity contribution in [2.75, 3.05) is 19.6 Å². The average molecular weight is 260 g/mol. The molecule has 2 rings (SSSR count). The van der Waals surface area contributed by atoms with Gasteiger partial charge in [-0.3, -0.25) is 0 Å². The molecular weight excluding hydrogens is 232 g/mol. The van der Waals surface area contributed by atoms with Crippen molar-refractivity contribution in [2.45, 2.75) is 46.1 Å². The minimum Gasteiger partial charge on any atom is -0.323 e. The van der Waals surface area contributed by atoms with Gasteiger partial charge in [0.05, 0.1) is 0 Å². The number of nitrogens with two attached hydrogens (primary N) is 1. The molecule has 1 aromatic carbocycles. The summed E-state index contributed by atoms with van der Waals surface area (Å²) in [6.07, 6.45) is 4.25. The second-order valence-electron chi connectivity index (χ2n) is 6.12. The summed E-state index contributed by atoms with van der Waals surface area (Å²) in [7, 11) is 0. The van der Waals surface area contributed by atoms with Crippen molar-refractivity contribution >= 4 is 0 Å². The third kappa shape index (κ3) is 3.80. The number of likely N-dealkylation sites (N-methyl/N-ethyl adjacent to an activating group) is 1. The summed E-state index contributed by atoms with van der Waals surface area (Å²) in [6, 6.07) is 6.74. The fraction of sp³-hybridized carbons (Fsp3) is 0.647. The largest absolute Gasteiger partial charge is 0.323 e. The summed E-state index contributed by atoms with van der Waals surface area (Å²) in [4.78, 5) is 2.52. The first-order valence-electron chi connectivity index (χ1n) is 7.65. The van der Waals surface area contributed by atoms with E-state index in [9.17, 15) is 0 Å². The van der Waals surface area contributed by atoms with Gasteiger partial charge >= 0.3 is 0 Å². The van der Waals surface area contributed by atoms with Gasteiger partial charge in [0.2, 0.25) is 0 Å². The minimum atomic E-state index is 0.139. The van der Waals surface area contributed by atoms with Crippen LogP contribution in [0.25, 0.3) is 0 Å². The molecule has 19 heavy (non-hydrogen) atoms. The fourth-order valence-electron chi connectivity index (χ4n) is 2.99. The van der Waals surface area contributed by atoms with E-state index in [1.165, 1.54) is 42.5 Å². The quantitative estimate of drug-likeness (QED) is 0.849. The van der Waals surface area contributed by atoms with Gasteiger partial charge in [0, 0.05) is 19.1 Å². The van der Waals surface area contributed by atoms with E-state index in [2.05, 4.69) is 43.9 Å². The maximum atomic E-state index is 6.42. The Morgan fingerprint density at radius 2 is 2.05 bits per heavy atom. The molecule has 0 radical (unpaired) electrons. The van der Waals surface area contributed by atoms with E-state index in [-0.39, 0.29) is 6.04 Å². The number of hydrogen-bond donors (Lipinski definition) is 1. The lowest BCUT2D eigenvalue weighted by atomic mass is 9.85. The van der Waals surface area contributed by atoms with Crippen LogP contribution in [-0.2, 0) is 0 Å². The number of rotatable bonds is 6. The summed E-state index contributed by atoms with van der Waals surface area (Å²) in [5, 5.41) is 0. The van der Waals surface area contributed by atoms with Crippen LogP contribution in [0, 0.1) is 19.8 Å². The van der Waals surface area contributed by atoms with E-state index in [1.54, 1.807) is 0 Å². The number of hydrogen-bond acceptors (Lipinski definition) is 2.